The highest BCUT2D eigenvalue weighted by molar-refractivity contribution is 5.87. The van der Waals surface area contributed by atoms with Crippen molar-refractivity contribution in [2.75, 3.05) is 26.9 Å². The van der Waals surface area contributed by atoms with Gasteiger partial charge in [-0.2, -0.15) is 0 Å². The summed E-state index contributed by atoms with van der Waals surface area (Å²) in [5.74, 6) is -0.429. The van der Waals surface area contributed by atoms with Gasteiger partial charge in [0.25, 0.3) is 6.43 Å². The molecular weight excluding hydrogens is 246 g/mol. The second-order valence-corrected chi connectivity index (χ2v) is 3.53. The maximum Gasteiger partial charge on any atom is 0.354 e. The Kier molecular flexibility index (Phi) is 6.31. The predicted molar refractivity (Wildman–Crippen MR) is 60.7 cm³/mol. The Hall–Kier alpha value is -1.47. The first-order valence-electron chi connectivity index (χ1n) is 5.46. The fourth-order valence-electron chi connectivity index (χ4n) is 1.31. The Morgan fingerprint density at radius 3 is 2.94 bits per heavy atom. The lowest BCUT2D eigenvalue weighted by atomic mass is 10.4. The van der Waals surface area contributed by atoms with Crippen molar-refractivity contribution < 1.29 is 23.0 Å². The van der Waals surface area contributed by atoms with Gasteiger partial charge in [0.1, 0.15) is 12.3 Å². The Labute approximate surface area is 103 Å². The molecule has 0 amide bonds. The van der Waals surface area contributed by atoms with E-state index in [4.69, 9.17) is 4.74 Å². The van der Waals surface area contributed by atoms with Crippen LogP contribution in [0.2, 0.25) is 0 Å². The second-order valence-electron chi connectivity index (χ2n) is 3.53. The third kappa shape index (κ3) is 5.24. The maximum atomic E-state index is 11.7. The molecule has 2 N–H and O–H groups in total. The van der Waals surface area contributed by atoms with Gasteiger partial charge in [0, 0.05) is 18.8 Å². The molecule has 1 heterocycles. The normalized spacial score (nSPS) is 10.9. The monoisotopic (exact) mass is 262 g/mol. The molecule has 0 saturated carbocycles. The average molecular weight is 262 g/mol. The van der Waals surface area contributed by atoms with E-state index >= 15 is 0 Å². The van der Waals surface area contributed by atoms with Crippen molar-refractivity contribution in [2.45, 2.75) is 13.0 Å². The minimum absolute atomic E-state index is 0.217. The van der Waals surface area contributed by atoms with Gasteiger partial charge in [0.2, 0.25) is 0 Å². The van der Waals surface area contributed by atoms with E-state index in [1.807, 2.05) is 0 Å². The van der Waals surface area contributed by atoms with Gasteiger partial charge in [-0.3, -0.25) is 0 Å². The van der Waals surface area contributed by atoms with Crippen LogP contribution < -0.4 is 5.32 Å². The number of esters is 1. The molecule has 0 aliphatic carbocycles. The fraction of sp³-hybridized carbons (Fsp3) is 0.545. The second kappa shape index (κ2) is 7.78. The number of aromatic nitrogens is 1. The van der Waals surface area contributed by atoms with Crippen LogP contribution in [0.25, 0.3) is 0 Å². The highest BCUT2D eigenvalue weighted by Crippen LogP contribution is 2.02. The van der Waals surface area contributed by atoms with E-state index < -0.39 is 19.0 Å². The quantitative estimate of drug-likeness (QED) is 0.545. The molecule has 1 aromatic rings. The number of alkyl halides is 2. The zero-order valence-corrected chi connectivity index (χ0v) is 10.0. The van der Waals surface area contributed by atoms with Gasteiger partial charge >= 0.3 is 5.97 Å². The standard InChI is InChI=1S/C11H16F2N2O3/c1-17-11(16)9-3-2-8(15-9)6-14-4-5-18-7-10(12)13/h2-3,10,14-15H,4-7H2,1H3. The van der Waals surface area contributed by atoms with E-state index in [9.17, 15) is 13.6 Å². The first-order valence-corrected chi connectivity index (χ1v) is 5.46. The van der Waals surface area contributed by atoms with Crippen molar-refractivity contribution >= 4 is 5.97 Å². The number of nitrogens with one attached hydrogen (secondary N) is 2. The van der Waals surface area contributed by atoms with Crippen LogP contribution in [0, 0.1) is 0 Å². The lowest BCUT2D eigenvalue weighted by Crippen LogP contribution is -2.20. The largest absolute Gasteiger partial charge is 0.464 e. The van der Waals surface area contributed by atoms with E-state index in [1.165, 1.54) is 7.11 Å². The average Bonchev–Trinajstić information content (AvgIpc) is 2.81. The van der Waals surface area contributed by atoms with Crippen molar-refractivity contribution in [3.05, 3.63) is 23.5 Å². The van der Waals surface area contributed by atoms with Crippen LogP contribution in [0.1, 0.15) is 16.2 Å². The van der Waals surface area contributed by atoms with Crippen LogP contribution in [0.4, 0.5) is 8.78 Å². The van der Waals surface area contributed by atoms with Crippen LogP contribution >= 0.6 is 0 Å². The molecule has 0 aromatic carbocycles. The maximum absolute atomic E-state index is 11.7. The number of rotatable bonds is 8. The zero-order valence-electron chi connectivity index (χ0n) is 10.0. The summed E-state index contributed by atoms with van der Waals surface area (Å²) in [5.41, 5.74) is 1.19. The summed E-state index contributed by atoms with van der Waals surface area (Å²) in [6.45, 7) is 0.625. The fourth-order valence-corrected chi connectivity index (χ4v) is 1.31. The molecule has 0 aliphatic rings. The molecule has 1 aromatic heterocycles. The van der Waals surface area contributed by atoms with Gasteiger partial charge < -0.3 is 19.8 Å². The van der Waals surface area contributed by atoms with Crippen LogP contribution in [0.5, 0.6) is 0 Å². The van der Waals surface area contributed by atoms with Gasteiger partial charge in [-0.1, -0.05) is 0 Å². The topological polar surface area (TPSA) is 63.4 Å². The molecule has 1 rings (SSSR count). The molecule has 0 unspecified atom stereocenters. The SMILES string of the molecule is COC(=O)c1ccc(CNCCOCC(F)F)[nH]1. The van der Waals surface area contributed by atoms with Gasteiger partial charge in [0.05, 0.1) is 13.7 Å². The van der Waals surface area contributed by atoms with Crippen LogP contribution in [-0.4, -0.2) is 44.2 Å². The Bertz CT molecular complexity index is 369. The molecule has 5 nitrogen and oxygen atoms in total. The molecule has 18 heavy (non-hydrogen) atoms. The lowest BCUT2D eigenvalue weighted by molar-refractivity contribution is 0.0187. The van der Waals surface area contributed by atoms with Gasteiger partial charge in [-0.25, -0.2) is 13.6 Å². The van der Waals surface area contributed by atoms with Crippen molar-refractivity contribution in [1.82, 2.24) is 10.3 Å². The van der Waals surface area contributed by atoms with E-state index in [2.05, 4.69) is 15.0 Å². The Morgan fingerprint density at radius 2 is 2.28 bits per heavy atom. The summed E-state index contributed by atoms with van der Waals surface area (Å²) in [5, 5.41) is 2.99. The number of hydrogen-bond donors (Lipinski definition) is 2. The molecule has 0 spiro atoms. The van der Waals surface area contributed by atoms with Crippen molar-refractivity contribution in [3.8, 4) is 0 Å². The lowest BCUT2D eigenvalue weighted by Gasteiger charge is -2.04. The molecule has 0 atom stereocenters. The van der Waals surface area contributed by atoms with Crippen LogP contribution in [0.15, 0.2) is 12.1 Å². The minimum atomic E-state index is -2.43. The number of ether oxygens (including phenoxy) is 2. The Morgan fingerprint density at radius 1 is 1.50 bits per heavy atom. The predicted octanol–water partition coefficient (Wildman–Crippen LogP) is 1.17. The summed E-state index contributed by atoms with van der Waals surface area (Å²) in [4.78, 5) is 14.0. The van der Waals surface area contributed by atoms with Crippen molar-refractivity contribution in [1.29, 1.82) is 0 Å². The highest BCUT2D eigenvalue weighted by Gasteiger charge is 2.07. The molecule has 7 heteroatoms. The van der Waals surface area contributed by atoms with E-state index in [0.29, 0.717) is 18.8 Å². The van der Waals surface area contributed by atoms with Gasteiger partial charge in [-0.05, 0) is 12.1 Å². The van der Waals surface area contributed by atoms with Gasteiger partial charge in [0.15, 0.2) is 0 Å². The minimum Gasteiger partial charge on any atom is -0.464 e. The smallest absolute Gasteiger partial charge is 0.354 e. The van der Waals surface area contributed by atoms with E-state index in [-0.39, 0.29) is 6.61 Å². The molecule has 0 aliphatic heterocycles. The number of halogens is 2. The molecule has 0 radical (unpaired) electrons. The molecule has 0 bridgehead atoms. The first kappa shape index (κ1) is 14.6. The zero-order chi connectivity index (χ0) is 13.4. The molecule has 0 fully saturated rings. The number of carbonyl (C=O) groups excluding carboxylic acids is 1. The van der Waals surface area contributed by atoms with Crippen LogP contribution in [-0.2, 0) is 16.0 Å². The number of carbonyl (C=O) groups is 1. The summed E-state index contributed by atoms with van der Waals surface area (Å²) < 4.78 is 32.7. The molecule has 0 saturated heterocycles. The van der Waals surface area contributed by atoms with Crippen LogP contribution in [0.3, 0.4) is 0 Å². The van der Waals surface area contributed by atoms with E-state index in [0.717, 1.165) is 5.69 Å². The highest BCUT2D eigenvalue weighted by atomic mass is 19.3. The third-order valence-electron chi connectivity index (χ3n) is 2.13. The van der Waals surface area contributed by atoms with Crippen molar-refractivity contribution in [2.24, 2.45) is 0 Å². The number of aromatic amines is 1. The number of hydrogen-bond acceptors (Lipinski definition) is 4. The summed E-state index contributed by atoms with van der Waals surface area (Å²) in [6, 6.07) is 3.37. The van der Waals surface area contributed by atoms with Crippen molar-refractivity contribution in [3.63, 3.8) is 0 Å². The summed E-state index contributed by atoms with van der Waals surface area (Å²) in [7, 11) is 1.31. The number of H-pyrrole nitrogens is 1. The molecule has 102 valence electrons. The molecular formula is C11H16F2N2O3. The number of methoxy groups -OCH3 is 1. The third-order valence-corrected chi connectivity index (χ3v) is 2.13. The summed E-state index contributed by atoms with van der Waals surface area (Å²) in [6.07, 6.45) is -2.43. The van der Waals surface area contributed by atoms with Gasteiger partial charge in [-0.15, -0.1) is 0 Å². The first-order chi connectivity index (χ1) is 8.63. The summed E-state index contributed by atoms with van der Waals surface area (Å²) >= 11 is 0. The Balaban J connectivity index is 2.16. The van der Waals surface area contributed by atoms with E-state index in [1.54, 1.807) is 12.1 Å².